The lowest BCUT2D eigenvalue weighted by Crippen LogP contribution is -2.28. The number of alkyl carbamates (subject to hydrolysis) is 1. The number of para-hydroxylation sites is 1. The van der Waals surface area contributed by atoms with Crippen LogP contribution in [0.15, 0.2) is 59.6 Å². The van der Waals surface area contributed by atoms with Gasteiger partial charge in [-0.3, -0.25) is 4.98 Å². The predicted octanol–water partition coefficient (Wildman–Crippen LogP) is 5.32. The number of hydrogen-bond acceptors (Lipinski definition) is 6. The number of fused-ring (bicyclic) bond motifs is 2. The molecule has 0 saturated heterocycles. The first-order valence-corrected chi connectivity index (χ1v) is 11.7. The second-order valence-electron chi connectivity index (χ2n) is 9.07. The monoisotopic (exact) mass is 522 g/mol. The molecule has 1 aromatic carbocycles. The summed E-state index contributed by atoms with van der Waals surface area (Å²) in [7, 11) is 1.53. The van der Waals surface area contributed by atoms with Gasteiger partial charge in [0.05, 0.1) is 22.1 Å². The first-order valence-electron chi connectivity index (χ1n) is 10.9. The fourth-order valence-electron chi connectivity index (χ4n) is 3.71. The number of nitrogens with zero attached hydrogens (tertiary/aromatic N) is 4. The predicted molar refractivity (Wildman–Crippen MR) is 138 cm³/mol. The molecule has 0 aliphatic carbocycles. The topological polar surface area (TPSA) is 108 Å². The Morgan fingerprint density at radius 3 is 2.76 bits per heavy atom. The van der Waals surface area contributed by atoms with Crippen molar-refractivity contribution in [2.45, 2.75) is 33.4 Å². The molecule has 9 heteroatoms. The van der Waals surface area contributed by atoms with Crippen LogP contribution in [0.2, 0.25) is 0 Å². The number of nitrogen functional groups attached to an aromatic ring is 1. The van der Waals surface area contributed by atoms with Crippen LogP contribution >= 0.6 is 15.9 Å². The molecule has 3 heterocycles. The van der Waals surface area contributed by atoms with E-state index in [9.17, 15) is 4.79 Å². The Kier molecular flexibility index (Phi) is 6.56. The van der Waals surface area contributed by atoms with Crippen molar-refractivity contribution in [1.82, 2.24) is 24.8 Å². The van der Waals surface area contributed by atoms with E-state index in [2.05, 4.69) is 63.0 Å². The highest BCUT2D eigenvalue weighted by Gasteiger charge is 2.24. The average molecular weight is 523 g/mol. The Morgan fingerprint density at radius 1 is 1.26 bits per heavy atom. The third-order valence-electron chi connectivity index (χ3n) is 5.32. The average Bonchev–Trinajstić information content (AvgIpc) is 3.09. The highest BCUT2D eigenvalue weighted by atomic mass is 79.9. The summed E-state index contributed by atoms with van der Waals surface area (Å²) in [5.74, 6) is 0.363. The van der Waals surface area contributed by atoms with Crippen LogP contribution in [-0.4, -0.2) is 38.8 Å². The van der Waals surface area contributed by atoms with Gasteiger partial charge in [0.1, 0.15) is 23.9 Å². The van der Waals surface area contributed by atoms with Gasteiger partial charge in [-0.15, -0.1) is 0 Å². The van der Waals surface area contributed by atoms with Gasteiger partial charge < -0.3 is 20.4 Å². The summed E-state index contributed by atoms with van der Waals surface area (Å²) in [6.45, 7) is 6.58. The van der Waals surface area contributed by atoms with Crippen molar-refractivity contribution >= 4 is 49.8 Å². The van der Waals surface area contributed by atoms with Crippen molar-refractivity contribution in [3.63, 3.8) is 0 Å². The molecule has 0 aliphatic rings. The number of nitrogens with one attached hydrogen (secondary N) is 1. The molecule has 0 radical (unpaired) electrons. The number of nitrogens with two attached hydrogens (primary N) is 1. The Labute approximate surface area is 206 Å². The number of allylic oxidation sites excluding steroid dienone is 1. The fourth-order valence-corrected chi connectivity index (χ4v) is 4.45. The molecule has 0 saturated carbocycles. The van der Waals surface area contributed by atoms with Gasteiger partial charge >= 0.3 is 6.09 Å². The highest BCUT2D eigenvalue weighted by molar-refractivity contribution is 9.10. The lowest BCUT2D eigenvalue weighted by atomic mass is 9.96. The zero-order chi connectivity index (χ0) is 24.5. The van der Waals surface area contributed by atoms with E-state index in [1.54, 1.807) is 0 Å². The van der Waals surface area contributed by atoms with E-state index < -0.39 is 12.2 Å². The molecule has 0 fully saturated rings. The van der Waals surface area contributed by atoms with Gasteiger partial charge in [-0.1, -0.05) is 45.0 Å². The summed E-state index contributed by atoms with van der Waals surface area (Å²) in [6.07, 6.45) is 6.13. The summed E-state index contributed by atoms with van der Waals surface area (Å²) >= 11 is 3.76. The minimum atomic E-state index is -0.537. The summed E-state index contributed by atoms with van der Waals surface area (Å²) in [5, 5.41) is 4.24. The Bertz CT molecular complexity index is 1390. The van der Waals surface area contributed by atoms with Crippen molar-refractivity contribution in [3.8, 4) is 11.1 Å². The maximum absolute atomic E-state index is 12.0. The molecule has 176 valence electrons. The van der Waals surface area contributed by atoms with Crippen LogP contribution in [0.4, 0.5) is 10.6 Å². The number of carbonyl (C=O) groups excluding carboxylic acids is 1. The Balaban J connectivity index is 1.86. The minimum Gasteiger partial charge on any atom is -0.440 e. The molecule has 3 aromatic heterocycles. The first-order chi connectivity index (χ1) is 16.2. The summed E-state index contributed by atoms with van der Waals surface area (Å²) in [4.78, 5) is 25.4. The molecule has 0 aliphatic heterocycles. The number of amides is 1. The smallest absolute Gasteiger partial charge is 0.407 e. The molecule has 34 heavy (non-hydrogen) atoms. The molecule has 4 rings (SSSR count). The summed E-state index contributed by atoms with van der Waals surface area (Å²) in [5.41, 5.74) is 9.51. The Hall–Kier alpha value is -3.46. The van der Waals surface area contributed by atoms with Crippen LogP contribution in [0.25, 0.3) is 33.1 Å². The van der Waals surface area contributed by atoms with Crippen LogP contribution in [0, 0.1) is 5.41 Å². The second-order valence-corrected chi connectivity index (χ2v) is 9.82. The number of pyridine rings is 1. The quantitative estimate of drug-likeness (QED) is 0.343. The van der Waals surface area contributed by atoms with Gasteiger partial charge in [0.25, 0.3) is 0 Å². The molecular formula is C25H27BrN6O2. The van der Waals surface area contributed by atoms with Gasteiger partial charge in [0.2, 0.25) is 0 Å². The van der Waals surface area contributed by atoms with Gasteiger partial charge in [0.15, 0.2) is 0 Å². The molecule has 1 atom stereocenters. The second kappa shape index (κ2) is 9.42. The van der Waals surface area contributed by atoms with Gasteiger partial charge in [0, 0.05) is 29.8 Å². The van der Waals surface area contributed by atoms with Crippen LogP contribution < -0.4 is 11.1 Å². The maximum Gasteiger partial charge on any atom is 0.407 e. The maximum atomic E-state index is 12.0. The van der Waals surface area contributed by atoms with Gasteiger partial charge in [-0.05, 0) is 39.6 Å². The van der Waals surface area contributed by atoms with Crippen molar-refractivity contribution < 1.29 is 9.53 Å². The number of benzene rings is 1. The van der Waals surface area contributed by atoms with Crippen LogP contribution in [0.5, 0.6) is 0 Å². The minimum absolute atomic E-state index is 0.0746. The molecular weight excluding hydrogens is 496 g/mol. The van der Waals surface area contributed by atoms with Gasteiger partial charge in [-0.2, -0.15) is 0 Å². The summed E-state index contributed by atoms with van der Waals surface area (Å²) < 4.78 is 8.33. The summed E-state index contributed by atoms with van der Waals surface area (Å²) in [6, 6.07) is 9.99. The molecule has 1 amide bonds. The van der Waals surface area contributed by atoms with E-state index in [4.69, 9.17) is 10.5 Å². The van der Waals surface area contributed by atoms with Crippen LogP contribution in [0.1, 0.15) is 20.8 Å². The number of ether oxygens (including phenoxy) is 1. The standard InChI is InChI=1S/C25H27BrN6O2/c1-25(2,3)10-9-17(34-24(33)28-4)13-32-21(26)19(20-22(27)30-14-31-23(20)32)16-11-15-7-5-6-8-18(15)29-12-16/h5-12,14,17H,13H2,1-4H3,(H,28,33)(H2,27,30,31)/t17-/m1/s1. The first kappa shape index (κ1) is 23.7. The Morgan fingerprint density at radius 2 is 2.03 bits per heavy atom. The van der Waals surface area contributed by atoms with Crippen molar-refractivity contribution in [3.05, 3.63) is 59.6 Å². The number of carbonyl (C=O) groups is 1. The largest absolute Gasteiger partial charge is 0.440 e. The van der Waals surface area contributed by atoms with Crippen LogP contribution in [-0.2, 0) is 11.3 Å². The molecule has 4 aromatic rings. The number of hydrogen-bond donors (Lipinski definition) is 2. The van der Waals surface area contributed by atoms with Crippen molar-refractivity contribution in [1.29, 1.82) is 0 Å². The zero-order valence-corrected chi connectivity index (χ0v) is 21.1. The third kappa shape index (κ3) is 4.89. The molecule has 0 spiro atoms. The normalized spacial score (nSPS) is 13.0. The van der Waals surface area contributed by atoms with Crippen LogP contribution in [0.3, 0.4) is 0 Å². The zero-order valence-electron chi connectivity index (χ0n) is 19.5. The number of halogens is 1. The molecule has 8 nitrogen and oxygen atoms in total. The molecule has 0 unspecified atom stereocenters. The van der Waals surface area contributed by atoms with E-state index >= 15 is 0 Å². The lowest BCUT2D eigenvalue weighted by Gasteiger charge is -2.19. The SMILES string of the molecule is CNC(=O)O[C@H](C=CC(C)(C)C)Cn1c(Br)c(-c2cnc3ccccc3c2)c2c(N)ncnc21. The van der Waals surface area contributed by atoms with Crippen molar-refractivity contribution in [2.75, 3.05) is 12.8 Å². The van der Waals surface area contributed by atoms with E-state index in [-0.39, 0.29) is 5.41 Å². The fraction of sp³-hybridized carbons (Fsp3) is 0.280. The van der Waals surface area contributed by atoms with E-state index in [0.717, 1.165) is 26.6 Å². The van der Waals surface area contributed by atoms with Crippen molar-refractivity contribution in [2.24, 2.45) is 5.41 Å². The van der Waals surface area contributed by atoms with E-state index in [0.29, 0.717) is 23.4 Å². The highest BCUT2D eigenvalue weighted by Crippen LogP contribution is 2.40. The number of rotatable bonds is 5. The molecule has 3 N–H and O–H groups in total. The third-order valence-corrected chi connectivity index (χ3v) is 6.15. The van der Waals surface area contributed by atoms with Gasteiger partial charge in [-0.25, -0.2) is 14.8 Å². The number of anilines is 1. The van der Waals surface area contributed by atoms with E-state index in [1.807, 2.05) is 47.2 Å². The lowest BCUT2D eigenvalue weighted by molar-refractivity contribution is 0.113. The number of aromatic nitrogens is 4. The molecule has 0 bridgehead atoms. The van der Waals surface area contributed by atoms with E-state index in [1.165, 1.54) is 13.4 Å².